The molecule has 4 nitrogen and oxygen atoms in total. The van der Waals surface area contributed by atoms with Gasteiger partial charge in [-0.25, -0.2) is 4.98 Å². The number of hydrogen-bond donors (Lipinski definition) is 2. The third-order valence-corrected chi connectivity index (χ3v) is 3.48. The van der Waals surface area contributed by atoms with Crippen LogP contribution in [0.15, 0.2) is 30.5 Å². The third-order valence-electron chi connectivity index (χ3n) is 3.48. The normalized spacial score (nSPS) is 12.1. The number of amides is 1. The van der Waals surface area contributed by atoms with Gasteiger partial charge in [0, 0.05) is 24.2 Å². The molecule has 1 unspecified atom stereocenters. The fourth-order valence-corrected chi connectivity index (χ4v) is 2.49. The van der Waals surface area contributed by atoms with Gasteiger partial charge in [0.2, 0.25) is 0 Å². The number of carbonyl (C=O) groups is 1. The number of nitrogens with one attached hydrogen (secondary N) is 2. The summed E-state index contributed by atoms with van der Waals surface area (Å²) < 4.78 is 0. The van der Waals surface area contributed by atoms with Crippen LogP contribution in [0.4, 0.5) is 5.82 Å². The van der Waals surface area contributed by atoms with Crippen LogP contribution < -0.4 is 10.6 Å². The van der Waals surface area contributed by atoms with Gasteiger partial charge in [-0.1, -0.05) is 37.6 Å². The van der Waals surface area contributed by atoms with E-state index in [1.165, 1.54) is 0 Å². The molecule has 1 heterocycles. The van der Waals surface area contributed by atoms with E-state index in [0.29, 0.717) is 5.56 Å². The van der Waals surface area contributed by atoms with E-state index in [-0.39, 0.29) is 11.9 Å². The molecule has 0 bridgehead atoms. The lowest BCUT2D eigenvalue weighted by atomic mass is 10.1. The molecule has 0 fully saturated rings. The second kappa shape index (κ2) is 7.07. The largest absolute Gasteiger partial charge is 0.370 e. The van der Waals surface area contributed by atoms with Gasteiger partial charge in [-0.05, 0) is 25.7 Å². The number of carbonyl (C=O) groups excluding carboxylic acids is 1. The zero-order chi connectivity index (χ0) is 15.2. The van der Waals surface area contributed by atoms with Crippen molar-refractivity contribution in [3.05, 3.63) is 36.0 Å². The molecular weight excluding hydrogens is 262 g/mol. The Bertz CT molecular complexity index is 624. The van der Waals surface area contributed by atoms with Crippen molar-refractivity contribution >= 4 is 22.5 Å². The minimum Gasteiger partial charge on any atom is -0.370 e. The van der Waals surface area contributed by atoms with E-state index >= 15 is 0 Å². The summed E-state index contributed by atoms with van der Waals surface area (Å²) in [7, 11) is 0. The molecule has 0 radical (unpaired) electrons. The average molecular weight is 285 g/mol. The molecule has 1 aromatic heterocycles. The van der Waals surface area contributed by atoms with Gasteiger partial charge in [0.1, 0.15) is 5.82 Å². The van der Waals surface area contributed by atoms with E-state index in [1.54, 1.807) is 6.20 Å². The Morgan fingerprint density at radius 1 is 1.24 bits per heavy atom. The van der Waals surface area contributed by atoms with Gasteiger partial charge in [-0.3, -0.25) is 4.79 Å². The maximum Gasteiger partial charge on any atom is 0.253 e. The highest BCUT2D eigenvalue weighted by molar-refractivity contribution is 6.09. The lowest BCUT2D eigenvalue weighted by Gasteiger charge is -2.15. The maximum absolute atomic E-state index is 12.4. The summed E-state index contributed by atoms with van der Waals surface area (Å²) in [6.07, 6.45) is 3.70. The van der Waals surface area contributed by atoms with E-state index in [0.717, 1.165) is 36.0 Å². The first-order valence-corrected chi connectivity index (χ1v) is 7.59. The minimum absolute atomic E-state index is 0.0531. The van der Waals surface area contributed by atoms with E-state index in [1.807, 2.05) is 38.1 Å². The monoisotopic (exact) mass is 285 g/mol. The molecule has 4 heteroatoms. The Kier molecular flexibility index (Phi) is 5.14. The van der Waals surface area contributed by atoms with Crippen LogP contribution in [0.2, 0.25) is 0 Å². The Morgan fingerprint density at radius 2 is 1.95 bits per heavy atom. The van der Waals surface area contributed by atoms with Crippen molar-refractivity contribution in [3.63, 3.8) is 0 Å². The SMILES string of the molecule is CCCC(C)NC(=O)c1cnc(NCC)c2ccccc12. The fourth-order valence-electron chi connectivity index (χ4n) is 2.49. The Labute approximate surface area is 126 Å². The molecule has 0 aliphatic carbocycles. The van der Waals surface area contributed by atoms with E-state index in [4.69, 9.17) is 0 Å². The first-order chi connectivity index (χ1) is 10.2. The molecule has 2 aromatic rings. The lowest BCUT2D eigenvalue weighted by molar-refractivity contribution is 0.0939. The summed E-state index contributed by atoms with van der Waals surface area (Å²) in [5.74, 6) is 0.772. The van der Waals surface area contributed by atoms with Crippen molar-refractivity contribution in [3.8, 4) is 0 Å². The number of hydrogen-bond acceptors (Lipinski definition) is 3. The summed E-state index contributed by atoms with van der Waals surface area (Å²) in [5.41, 5.74) is 0.634. The topological polar surface area (TPSA) is 54.0 Å². The summed E-state index contributed by atoms with van der Waals surface area (Å²) >= 11 is 0. The zero-order valence-electron chi connectivity index (χ0n) is 12.9. The third kappa shape index (κ3) is 3.51. The van der Waals surface area contributed by atoms with E-state index in [9.17, 15) is 4.79 Å². The molecule has 1 atom stereocenters. The van der Waals surface area contributed by atoms with Gasteiger partial charge < -0.3 is 10.6 Å². The van der Waals surface area contributed by atoms with Crippen LogP contribution in [0.5, 0.6) is 0 Å². The molecule has 112 valence electrons. The molecule has 0 saturated heterocycles. The van der Waals surface area contributed by atoms with Crippen molar-refractivity contribution in [1.82, 2.24) is 10.3 Å². The quantitative estimate of drug-likeness (QED) is 0.853. The zero-order valence-corrected chi connectivity index (χ0v) is 12.9. The number of benzene rings is 1. The second-order valence-corrected chi connectivity index (χ2v) is 5.26. The Morgan fingerprint density at radius 3 is 2.62 bits per heavy atom. The Hall–Kier alpha value is -2.10. The van der Waals surface area contributed by atoms with Crippen LogP contribution in [0.3, 0.4) is 0 Å². The number of pyridine rings is 1. The first-order valence-electron chi connectivity index (χ1n) is 7.59. The van der Waals surface area contributed by atoms with Crippen molar-refractivity contribution in [1.29, 1.82) is 0 Å². The van der Waals surface area contributed by atoms with E-state index < -0.39 is 0 Å². The summed E-state index contributed by atoms with van der Waals surface area (Å²) in [5, 5.41) is 8.19. The predicted molar refractivity (Wildman–Crippen MR) is 87.7 cm³/mol. The highest BCUT2D eigenvalue weighted by Crippen LogP contribution is 2.24. The number of rotatable bonds is 6. The molecule has 0 aliphatic heterocycles. The lowest BCUT2D eigenvalue weighted by Crippen LogP contribution is -2.32. The second-order valence-electron chi connectivity index (χ2n) is 5.26. The van der Waals surface area contributed by atoms with Crippen LogP contribution in [-0.4, -0.2) is 23.5 Å². The minimum atomic E-state index is -0.0531. The van der Waals surface area contributed by atoms with Crippen LogP contribution in [0, 0.1) is 0 Å². The highest BCUT2D eigenvalue weighted by Gasteiger charge is 2.14. The standard InChI is InChI=1S/C17H23N3O/c1-4-8-12(3)20-17(21)15-11-19-16(18-5-2)14-10-7-6-9-13(14)15/h6-7,9-12H,4-5,8H2,1-3H3,(H,18,19)(H,20,21). The molecule has 1 aromatic carbocycles. The number of nitrogens with zero attached hydrogens (tertiary/aromatic N) is 1. The van der Waals surface area contributed by atoms with Gasteiger partial charge >= 0.3 is 0 Å². The van der Waals surface area contributed by atoms with Crippen molar-refractivity contribution in [2.24, 2.45) is 0 Å². The van der Waals surface area contributed by atoms with Gasteiger partial charge in [-0.2, -0.15) is 0 Å². The number of fused-ring (bicyclic) bond motifs is 1. The van der Waals surface area contributed by atoms with E-state index in [2.05, 4.69) is 22.5 Å². The molecule has 2 rings (SSSR count). The molecule has 0 aliphatic rings. The summed E-state index contributed by atoms with van der Waals surface area (Å²) in [6.45, 7) is 6.98. The Balaban J connectivity index is 2.36. The number of anilines is 1. The van der Waals surface area contributed by atoms with Crippen molar-refractivity contribution < 1.29 is 4.79 Å². The molecular formula is C17H23N3O. The van der Waals surface area contributed by atoms with Crippen molar-refractivity contribution in [2.45, 2.75) is 39.7 Å². The molecule has 1 amide bonds. The van der Waals surface area contributed by atoms with Crippen molar-refractivity contribution in [2.75, 3.05) is 11.9 Å². The molecule has 21 heavy (non-hydrogen) atoms. The summed E-state index contributed by atoms with van der Waals surface area (Å²) in [6, 6.07) is 8.05. The molecule has 2 N–H and O–H groups in total. The molecule has 0 spiro atoms. The first kappa shape index (κ1) is 15.3. The van der Waals surface area contributed by atoms with Crippen LogP contribution in [-0.2, 0) is 0 Å². The van der Waals surface area contributed by atoms with Gasteiger partial charge in [-0.15, -0.1) is 0 Å². The predicted octanol–water partition coefficient (Wildman–Crippen LogP) is 3.59. The van der Waals surface area contributed by atoms with Gasteiger partial charge in [0.05, 0.1) is 5.56 Å². The van der Waals surface area contributed by atoms with Crippen LogP contribution in [0.1, 0.15) is 44.0 Å². The maximum atomic E-state index is 12.4. The smallest absolute Gasteiger partial charge is 0.253 e. The van der Waals surface area contributed by atoms with Crippen LogP contribution in [0.25, 0.3) is 10.8 Å². The molecule has 0 saturated carbocycles. The van der Waals surface area contributed by atoms with Crippen LogP contribution >= 0.6 is 0 Å². The van der Waals surface area contributed by atoms with Gasteiger partial charge in [0.25, 0.3) is 5.91 Å². The fraction of sp³-hybridized carbons (Fsp3) is 0.412. The highest BCUT2D eigenvalue weighted by atomic mass is 16.1. The van der Waals surface area contributed by atoms with Gasteiger partial charge in [0.15, 0.2) is 0 Å². The average Bonchev–Trinajstić information content (AvgIpc) is 2.48. The number of aromatic nitrogens is 1. The summed E-state index contributed by atoms with van der Waals surface area (Å²) in [4.78, 5) is 16.8.